The normalized spacial score (nSPS) is 10.8. The second-order valence-corrected chi connectivity index (χ2v) is 7.41. The van der Waals surface area contributed by atoms with Crippen molar-refractivity contribution in [1.29, 1.82) is 0 Å². The number of thioether (sulfide) groups is 1. The number of nitrogen functional groups attached to an aromatic ring is 2. The van der Waals surface area contributed by atoms with Crippen molar-refractivity contribution in [3.8, 4) is 0 Å². The number of carbonyl (C=O) groups is 1. The highest BCUT2D eigenvalue weighted by Crippen LogP contribution is 2.26. The van der Waals surface area contributed by atoms with Gasteiger partial charge in [-0.3, -0.25) is 4.79 Å². The highest BCUT2D eigenvalue weighted by molar-refractivity contribution is 14.1. The van der Waals surface area contributed by atoms with E-state index in [1.807, 2.05) is 12.1 Å². The molecule has 122 valence electrons. The second kappa shape index (κ2) is 7.82. The van der Waals surface area contributed by atoms with Crippen LogP contribution in [-0.4, -0.2) is 21.6 Å². The van der Waals surface area contributed by atoms with E-state index in [1.54, 1.807) is 0 Å². The Morgan fingerprint density at radius 1 is 1.26 bits per heavy atom. The Morgan fingerprint density at radius 3 is 2.52 bits per heavy atom. The number of anilines is 3. The summed E-state index contributed by atoms with van der Waals surface area (Å²) < 4.78 is 1.14. The number of aromatic nitrogens is 2. The van der Waals surface area contributed by atoms with Crippen molar-refractivity contribution in [2.24, 2.45) is 0 Å². The molecule has 0 radical (unpaired) electrons. The standard InChI is InChI=1S/C15H18IN5OS/c1-8(2)10-5-9(16)3-4-11(10)19-14(22)7-23-15-20-12(17)6-13(18)21-15/h3-6,8H,7H2,1-2H3,(H,19,22)(H4,17,18,20,21). The number of nitrogens with zero attached hydrogens (tertiary/aromatic N) is 2. The van der Waals surface area contributed by atoms with Crippen LogP contribution in [0.25, 0.3) is 0 Å². The lowest BCUT2D eigenvalue weighted by Crippen LogP contribution is -2.16. The number of amides is 1. The van der Waals surface area contributed by atoms with Crippen LogP contribution in [-0.2, 0) is 4.79 Å². The molecule has 0 aliphatic rings. The van der Waals surface area contributed by atoms with E-state index >= 15 is 0 Å². The SMILES string of the molecule is CC(C)c1cc(I)ccc1NC(=O)CSc1nc(N)cc(N)n1. The summed E-state index contributed by atoms with van der Waals surface area (Å²) in [4.78, 5) is 20.2. The van der Waals surface area contributed by atoms with Gasteiger partial charge in [0, 0.05) is 15.3 Å². The fourth-order valence-electron chi connectivity index (χ4n) is 1.97. The fraction of sp³-hybridized carbons (Fsp3) is 0.267. The highest BCUT2D eigenvalue weighted by atomic mass is 127. The summed E-state index contributed by atoms with van der Waals surface area (Å²) in [6.07, 6.45) is 0. The number of halogens is 1. The first-order chi connectivity index (χ1) is 10.8. The van der Waals surface area contributed by atoms with Crippen LogP contribution >= 0.6 is 34.4 Å². The molecule has 1 amide bonds. The Bertz CT molecular complexity index is 703. The van der Waals surface area contributed by atoms with Crippen LogP contribution in [0.15, 0.2) is 29.4 Å². The molecule has 0 unspecified atom stereocenters. The van der Waals surface area contributed by atoms with Gasteiger partial charge in [-0.05, 0) is 52.3 Å². The molecule has 23 heavy (non-hydrogen) atoms. The molecule has 0 aliphatic heterocycles. The van der Waals surface area contributed by atoms with Crippen LogP contribution in [0.5, 0.6) is 0 Å². The van der Waals surface area contributed by atoms with Crippen molar-refractivity contribution in [2.75, 3.05) is 22.5 Å². The zero-order chi connectivity index (χ0) is 17.0. The predicted octanol–water partition coefficient (Wildman–Crippen LogP) is 3.10. The van der Waals surface area contributed by atoms with Gasteiger partial charge in [0.15, 0.2) is 5.16 Å². The van der Waals surface area contributed by atoms with Gasteiger partial charge < -0.3 is 16.8 Å². The van der Waals surface area contributed by atoms with E-state index in [9.17, 15) is 4.79 Å². The first kappa shape index (κ1) is 17.8. The Balaban J connectivity index is 2.02. The monoisotopic (exact) mass is 443 g/mol. The molecule has 0 aliphatic carbocycles. The van der Waals surface area contributed by atoms with Crippen LogP contribution in [0.3, 0.4) is 0 Å². The van der Waals surface area contributed by atoms with Crippen molar-refractivity contribution in [2.45, 2.75) is 24.9 Å². The maximum atomic E-state index is 12.2. The van der Waals surface area contributed by atoms with E-state index in [0.29, 0.717) is 22.7 Å². The number of nitrogens with one attached hydrogen (secondary N) is 1. The molecular weight excluding hydrogens is 425 g/mol. The summed E-state index contributed by atoms with van der Waals surface area (Å²) in [5.74, 6) is 0.972. The van der Waals surface area contributed by atoms with Crippen LogP contribution in [0.2, 0.25) is 0 Å². The van der Waals surface area contributed by atoms with E-state index in [-0.39, 0.29) is 11.7 Å². The van der Waals surface area contributed by atoms with Gasteiger partial charge in [-0.1, -0.05) is 25.6 Å². The Kier molecular flexibility index (Phi) is 6.05. The molecular formula is C15H18IN5OS. The minimum atomic E-state index is -0.122. The van der Waals surface area contributed by atoms with Gasteiger partial charge in [-0.15, -0.1) is 0 Å². The van der Waals surface area contributed by atoms with Crippen LogP contribution in [0, 0.1) is 3.57 Å². The van der Waals surface area contributed by atoms with Crippen molar-refractivity contribution in [3.63, 3.8) is 0 Å². The molecule has 0 saturated heterocycles. The summed E-state index contributed by atoms with van der Waals surface area (Å²) in [5.41, 5.74) is 13.2. The third-order valence-corrected chi connectivity index (χ3v) is 4.51. The number of benzene rings is 1. The van der Waals surface area contributed by atoms with Gasteiger partial charge in [-0.25, -0.2) is 9.97 Å². The lowest BCUT2D eigenvalue weighted by atomic mass is 10.0. The zero-order valence-corrected chi connectivity index (χ0v) is 15.8. The number of carbonyl (C=O) groups excluding carboxylic acids is 1. The maximum absolute atomic E-state index is 12.2. The maximum Gasteiger partial charge on any atom is 0.234 e. The van der Waals surface area contributed by atoms with Crippen molar-refractivity contribution in [1.82, 2.24) is 9.97 Å². The number of rotatable bonds is 5. The summed E-state index contributed by atoms with van der Waals surface area (Å²) in [5, 5.41) is 3.33. The van der Waals surface area contributed by atoms with Crippen molar-refractivity contribution < 1.29 is 4.79 Å². The molecule has 1 aromatic carbocycles. The molecule has 5 N–H and O–H groups in total. The lowest BCUT2D eigenvalue weighted by molar-refractivity contribution is -0.113. The van der Waals surface area contributed by atoms with Gasteiger partial charge in [-0.2, -0.15) is 0 Å². The van der Waals surface area contributed by atoms with Crippen molar-refractivity contribution >= 4 is 57.6 Å². The Hall–Kier alpha value is -1.55. The summed E-state index contributed by atoms with van der Waals surface area (Å²) in [6.45, 7) is 4.19. The molecule has 2 aromatic rings. The predicted molar refractivity (Wildman–Crippen MR) is 103 cm³/mol. The molecule has 0 fully saturated rings. The topological polar surface area (TPSA) is 107 Å². The molecule has 0 spiro atoms. The molecule has 1 heterocycles. The quantitative estimate of drug-likeness (QED) is 0.373. The van der Waals surface area contributed by atoms with Gasteiger partial charge in [0.05, 0.1) is 5.75 Å². The van der Waals surface area contributed by atoms with E-state index < -0.39 is 0 Å². The third kappa shape index (κ3) is 5.24. The highest BCUT2D eigenvalue weighted by Gasteiger charge is 2.12. The number of hydrogen-bond donors (Lipinski definition) is 3. The average molecular weight is 443 g/mol. The van der Waals surface area contributed by atoms with Crippen LogP contribution in [0.4, 0.5) is 17.3 Å². The van der Waals surface area contributed by atoms with Crippen LogP contribution in [0.1, 0.15) is 25.3 Å². The Morgan fingerprint density at radius 2 is 1.91 bits per heavy atom. The van der Waals surface area contributed by atoms with Gasteiger partial charge in [0.1, 0.15) is 11.6 Å². The van der Waals surface area contributed by atoms with Gasteiger partial charge in [0.25, 0.3) is 0 Å². The van der Waals surface area contributed by atoms with E-state index in [4.69, 9.17) is 11.5 Å². The number of nitrogens with two attached hydrogens (primary N) is 2. The first-order valence-electron chi connectivity index (χ1n) is 6.97. The Labute approximate surface area is 153 Å². The fourth-order valence-corrected chi connectivity index (χ4v) is 3.16. The van der Waals surface area contributed by atoms with Gasteiger partial charge in [0.2, 0.25) is 5.91 Å². The second-order valence-electron chi connectivity index (χ2n) is 5.22. The molecule has 8 heteroatoms. The summed E-state index contributed by atoms with van der Waals surface area (Å²) >= 11 is 3.46. The minimum Gasteiger partial charge on any atom is -0.383 e. The van der Waals surface area contributed by atoms with Gasteiger partial charge >= 0.3 is 0 Å². The summed E-state index contributed by atoms with van der Waals surface area (Å²) in [6, 6.07) is 7.45. The zero-order valence-electron chi connectivity index (χ0n) is 12.8. The minimum absolute atomic E-state index is 0.122. The van der Waals surface area contributed by atoms with E-state index in [1.165, 1.54) is 17.8 Å². The number of hydrogen-bond acceptors (Lipinski definition) is 6. The largest absolute Gasteiger partial charge is 0.383 e. The molecule has 0 saturated carbocycles. The molecule has 2 rings (SSSR count). The molecule has 0 bridgehead atoms. The smallest absolute Gasteiger partial charge is 0.234 e. The molecule has 1 aromatic heterocycles. The molecule has 0 atom stereocenters. The van der Waals surface area contributed by atoms with E-state index in [0.717, 1.165) is 14.8 Å². The third-order valence-electron chi connectivity index (χ3n) is 2.99. The first-order valence-corrected chi connectivity index (χ1v) is 9.03. The van der Waals surface area contributed by atoms with Crippen LogP contribution < -0.4 is 16.8 Å². The lowest BCUT2D eigenvalue weighted by Gasteiger charge is -2.14. The summed E-state index contributed by atoms with van der Waals surface area (Å²) in [7, 11) is 0. The van der Waals surface area contributed by atoms with E-state index in [2.05, 4.69) is 57.8 Å². The average Bonchev–Trinajstić information content (AvgIpc) is 2.46. The molecule has 6 nitrogen and oxygen atoms in total. The van der Waals surface area contributed by atoms with Crippen molar-refractivity contribution in [3.05, 3.63) is 33.4 Å².